The lowest BCUT2D eigenvalue weighted by Crippen LogP contribution is -2.30. The van der Waals surface area contributed by atoms with Crippen molar-refractivity contribution in [3.05, 3.63) is 0 Å². The molecule has 1 heterocycles. The Labute approximate surface area is 101 Å². The smallest absolute Gasteiger partial charge is 0.0462 e. The van der Waals surface area contributed by atoms with Crippen LogP contribution in [0.1, 0.15) is 39.0 Å². The minimum Gasteiger partial charge on any atom is -0.385 e. The van der Waals surface area contributed by atoms with Crippen LogP contribution < -0.4 is 5.32 Å². The molecule has 0 aromatic heterocycles. The Morgan fingerprint density at radius 3 is 2.88 bits per heavy atom. The van der Waals surface area contributed by atoms with Crippen LogP contribution in [0.3, 0.4) is 0 Å². The highest BCUT2D eigenvalue weighted by Gasteiger charge is 2.13. The third kappa shape index (κ3) is 5.83. The highest BCUT2D eigenvalue weighted by molar-refractivity contribution is 4.73. The zero-order valence-electron chi connectivity index (χ0n) is 11.0. The van der Waals surface area contributed by atoms with E-state index < -0.39 is 0 Å². The van der Waals surface area contributed by atoms with Gasteiger partial charge in [-0.05, 0) is 45.2 Å². The molecule has 0 bridgehead atoms. The SMILES string of the molecule is CCC1CCN(CCCCCOC)CCN1. The summed E-state index contributed by atoms with van der Waals surface area (Å²) in [5.41, 5.74) is 0. The standard InChI is InChI=1S/C13H28N2O/c1-3-13-7-10-15(11-8-14-13)9-5-4-6-12-16-2/h13-14H,3-12H2,1-2H3. The van der Waals surface area contributed by atoms with Crippen LogP contribution in [0.5, 0.6) is 0 Å². The number of nitrogens with zero attached hydrogens (tertiary/aromatic N) is 1. The Kier molecular flexibility index (Phi) is 7.81. The highest BCUT2D eigenvalue weighted by atomic mass is 16.5. The maximum Gasteiger partial charge on any atom is 0.0462 e. The van der Waals surface area contributed by atoms with Crippen LogP contribution in [-0.2, 0) is 4.74 Å². The molecule has 1 atom stereocenters. The van der Waals surface area contributed by atoms with E-state index in [0.29, 0.717) is 0 Å². The molecule has 1 saturated heterocycles. The van der Waals surface area contributed by atoms with Gasteiger partial charge in [0.15, 0.2) is 0 Å². The van der Waals surface area contributed by atoms with E-state index in [1.54, 1.807) is 7.11 Å². The molecule has 0 amide bonds. The van der Waals surface area contributed by atoms with Gasteiger partial charge in [-0.2, -0.15) is 0 Å². The first kappa shape index (κ1) is 13.9. The number of rotatable bonds is 7. The lowest BCUT2D eigenvalue weighted by atomic mass is 10.1. The van der Waals surface area contributed by atoms with Gasteiger partial charge in [-0.1, -0.05) is 6.92 Å². The summed E-state index contributed by atoms with van der Waals surface area (Å²) in [6.07, 6.45) is 6.41. The van der Waals surface area contributed by atoms with Crippen LogP contribution in [0.2, 0.25) is 0 Å². The second-order valence-electron chi connectivity index (χ2n) is 4.74. The molecule has 1 rings (SSSR count). The van der Waals surface area contributed by atoms with E-state index in [1.165, 1.54) is 51.7 Å². The minimum atomic E-state index is 0.749. The van der Waals surface area contributed by atoms with Gasteiger partial charge in [-0.25, -0.2) is 0 Å². The Hall–Kier alpha value is -0.120. The number of unbranched alkanes of at least 4 members (excludes halogenated alkanes) is 2. The summed E-state index contributed by atoms with van der Waals surface area (Å²) in [5, 5.41) is 3.61. The van der Waals surface area contributed by atoms with Crippen molar-refractivity contribution in [1.82, 2.24) is 10.2 Å². The largest absolute Gasteiger partial charge is 0.385 e. The lowest BCUT2D eigenvalue weighted by Gasteiger charge is -2.19. The quantitative estimate of drug-likeness (QED) is 0.673. The second-order valence-corrected chi connectivity index (χ2v) is 4.74. The third-order valence-electron chi connectivity index (χ3n) is 3.47. The molecule has 16 heavy (non-hydrogen) atoms. The molecule has 1 aliphatic rings. The van der Waals surface area contributed by atoms with Crippen molar-refractivity contribution in [1.29, 1.82) is 0 Å². The molecule has 0 aromatic carbocycles. The minimum absolute atomic E-state index is 0.749. The van der Waals surface area contributed by atoms with Crippen LogP contribution >= 0.6 is 0 Å². The van der Waals surface area contributed by atoms with Gasteiger partial charge in [0.25, 0.3) is 0 Å². The van der Waals surface area contributed by atoms with Crippen LogP contribution in [0.4, 0.5) is 0 Å². The Morgan fingerprint density at radius 1 is 1.25 bits per heavy atom. The van der Waals surface area contributed by atoms with E-state index in [4.69, 9.17) is 4.74 Å². The van der Waals surface area contributed by atoms with Crippen LogP contribution in [-0.4, -0.2) is 50.8 Å². The van der Waals surface area contributed by atoms with Crippen molar-refractivity contribution in [3.8, 4) is 0 Å². The molecule has 1 N–H and O–H groups in total. The van der Waals surface area contributed by atoms with E-state index in [1.807, 2.05) is 0 Å². The van der Waals surface area contributed by atoms with Crippen molar-refractivity contribution in [2.75, 3.05) is 39.9 Å². The highest BCUT2D eigenvalue weighted by Crippen LogP contribution is 2.06. The number of hydrogen-bond donors (Lipinski definition) is 1. The summed E-state index contributed by atoms with van der Waals surface area (Å²) in [4.78, 5) is 2.61. The van der Waals surface area contributed by atoms with Crippen LogP contribution in [0, 0.1) is 0 Å². The first-order chi connectivity index (χ1) is 7.86. The van der Waals surface area contributed by atoms with E-state index in [9.17, 15) is 0 Å². The molecule has 3 nitrogen and oxygen atoms in total. The fraction of sp³-hybridized carbons (Fsp3) is 1.00. The molecule has 1 aliphatic heterocycles. The predicted molar refractivity (Wildman–Crippen MR) is 68.9 cm³/mol. The molecule has 0 radical (unpaired) electrons. The summed E-state index contributed by atoms with van der Waals surface area (Å²) in [5.74, 6) is 0. The van der Waals surface area contributed by atoms with E-state index in [0.717, 1.165) is 19.2 Å². The number of nitrogens with one attached hydrogen (secondary N) is 1. The van der Waals surface area contributed by atoms with Gasteiger partial charge >= 0.3 is 0 Å². The lowest BCUT2D eigenvalue weighted by molar-refractivity contribution is 0.189. The van der Waals surface area contributed by atoms with E-state index >= 15 is 0 Å². The fourth-order valence-corrected chi connectivity index (χ4v) is 2.31. The number of hydrogen-bond acceptors (Lipinski definition) is 3. The molecular formula is C13H28N2O. The van der Waals surface area contributed by atoms with Gasteiger partial charge in [0.2, 0.25) is 0 Å². The molecule has 1 fully saturated rings. The van der Waals surface area contributed by atoms with Gasteiger partial charge < -0.3 is 15.0 Å². The molecule has 96 valence electrons. The van der Waals surface area contributed by atoms with E-state index in [2.05, 4.69) is 17.1 Å². The second kappa shape index (κ2) is 8.97. The van der Waals surface area contributed by atoms with Gasteiger partial charge in [0, 0.05) is 32.8 Å². The van der Waals surface area contributed by atoms with Crippen molar-refractivity contribution < 1.29 is 4.74 Å². The summed E-state index contributed by atoms with van der Waals surface area (Å²) in [6, 6.07) is 0.749. The third-order valence-corrected chi connectivity index (χ3v) is 3.47. The number of ether oxygens (including phenoxy) is 1. The summed E-state index contributed by atoms with van der Waals surface area (Å²) in [7, 11) is 1.78. The zero-order valence-corrected chi connectivity index (χ0v) is 11.0. The molecule has 0 aliphatic carbocycles. The molecular weight excluding hydrogens is 200 g/mol. The molecule has 3 heteroatoms. The Bertz CT molecular complexity index is 164. The maximum atomic E-state index is 5.06. The van der Waals surface area contributed by atoms with E-state index in [-0.39, 0.29) is 0 Å². The van der Waals surface area contributed by atoms with Crippen molar-refractivity contribution >= 4 is 0 Å². The van der Waals surface area contributed by atoms with Crippen molar-refractivity contribution in [3.63, 3.8) is 0 Å². The predicted octanol–water partition coefficient (Wildman–Crippen LogP) is 1.88. The molecule has 0 saturated carbocycles. The van der Waals surface area contributed by atoms with Gasteiger partial charge in [-0.15, -0.1) is 0 Å². The summed E-state index contributed by atoms with van der Waals surface area (Å²) in [6.45, 7) is 8.12. The Morgan fingerprint density at radius 2 is 2.12 bits per heavy atom. The first-order valence-corrected chi connectivity index (χ1v) is 6.81. The fourth-order valence-electron chi connectivity index (χ4n) is 2.31. The average Bonchev–Trinajstić information content (AvgIpc) is 2.54. The van der Waals surface area contributed by atoms with Gasteiger partial charge in [0.05, 0.1) is 0 Å². The monoisotopic (exact) mass is 228 g/mol. The van der Waals surface area contributed by atoms with Crippen molar-refractivity contribution in [2.24, 2.45) is 0 Å². The van der Waals surface area contributed by atoms with Crippen LogP contribution in [0.15, 0.2) is 0 Å². The maximum absolute atomic E-state index is 5.06. The van der Waals surface area contributed by atoms with Gasteiger partial charge in [-0.3, -0.25) is 0 Å². The first-order valence-electron chi connectivity index (χ1n) is 6.81. The summed E-state index contributed by atoms with van der Waals surface area (Å²) >= 11 is 0. The Balaban J connectivity index is 2.03. The number of methoxy groups -OCH3 is 1. The summed E-state index contributed by atoms with van der Waals surface area (Å²) < 4.78 is 5.06. The average molecular weight is 228 g/mol. The normalized spacial score (nSPS) is 23.2. The van der Waals surface area contributed by atoms with Crippen molar-refractivity contribution in [2.45, 2.75) is 45.1 Å². The van der Waals surface area contributed by atoms with Crippen LogP contribution in [0.25, 0.3) is 0 Å². The molecule has 1 unspecified atom stereocenters. The molecule has 0 aromatic rings. The van der Waals surface area contributed by atoms with Gasteiger partial charge in [0.1, 0.15) is 0 Å². The topological polar surface area (TPSA) is 24.5 Å². The molecule has 0 spiro atoms. The zero-order chi connectivity index (χ0) is 11.6.